The first-order valence-corrected chi connectivity index (χ1v) is 7.76. The summed E-state index contributed by atoms with van der Waals surface area (Å²) in [6.07, 6.45) is 3.99. The van der Waals surface area contributed by atoms with Crippen LogP contribution in [0.4, 0.5) is 4.79 Å². The molecule has 20 heavy (non-hydrogen) atoms. The molecule has 116 valence electrons. The second-order valence-corrected chi connectivity index (χ2v) is 7.03. The first-order valence-electron chi connectivity index (χ1n) is 7.76. The van der Waals surface area contributed by atoms with Crippen LogP contribution in [0.3, 0.4) is 0 Å². The molecule has 2 fully saturated rings. The monoisotopic (exact) mass is 284 g/mol. The third kappa shape index (κ3) is 4.09. The van der Waals surface area contributed by atoms with Gasteiger partial charge in [-0.2, -0.15) is 0 Å². The second kappa shape index (κ2) is 6.31. The maximum absolute atomic E-state index is 12.1. The predicted octanol–water partition coefficient (Wildman–Crippen LogP) is 1.75. The summed E-state index contributed by atoms with van der Waals surface area (Å²) in [6.45, 7) is 7.58. The summed E-state index contributed by atoms with van der Waals surface area (Å²) in [5.74, 6) is 0.126. The number of aliphatic hydroxyl groups excluding tert-OH is 1. The molecule has 0 aromatic rings. The van der Waals surface area contributed by atoms with Gasteiger partial charge in [0, 0.05) is 18.5 Å². The van der Waals surface area contributed by atoms with Crippen LogP contribution < -0.4 is 5.32 Å². The molecule has 2 aliphatic rings. The van der Waals surface area contributed by atoms with E-state index in [1.54, 1.807) is 4.90 Å². The van der Waals surface area contributed by atoms with E-state index in [4.69, 9.17) is 4.74 Å². The predicted molar refractivity (Wildman–Crippen MR) is 77.6 cm³/mol. The maximum Gasteiger partial charge on any atom is 0.410 e. The van der Waals surface area contributed by atoms with Crippen LogP contribution in [0.1, 0.15) is 46.5 Å². The maximum atomic E-state index is 12.1. The molecule has 0 bridgehead atoms. The molecular formula is C15H28N2O3. The highest BCUT2D eigenvalue weighted by Crippen LogP contribution is 2.26. The Morgan fingerprint density at radius 1 is 1.25 bits per heavy atom. The van der Waals surface area contributed by atoms with E-state index >= 15 is 0 Å². The summed E-state index contributed by atoms with van der Waals surface area (Å²) in [5.41, 5.74) is -0.485. The molecule has 2 heterocycles. The summed E-state index contributed by atoms with van der Waals surface area (Å²) in [5, 5.41) is 13.8. The van der Waals surface area contributed by atoms with Gasteiger partial charge in [0.2, 0.25) is 0 Å². The molecule has 0 radical (unpaired) electrons. The standard InChI is InChI=1S/C15H28N2O3/c1-15(2,3)20-14(19)17-9-11(13(18)10-17)12-7-5-4-6-8-16-12/h11-13,16,18H,4-10H2,1-3H3. The average Bonchev–Trinajstić information content (AvgIpc) is 2.57. The SMILES string of the molecule is CC(C)(C)OC(=O)N1CC(O)C(C2CCCCCN2)C1. The van der Waals surface area contributed by atoms with Crippen molar-refractivity contribution in [3.05, 3.63) is 0 Å². The van der Waals surface area contributed by atoms with Crippen molar-refractivity contribution in [2.75, 3.05) is 19.6 Å². The number of carbonyl (C=O) groups is 1. The molecule has 0 aromatic heterocycles. The molecule has 2 aliphatic heterocycles. The van der Waals surface area contributed by atoms with Crippen LogP contribution in [0.25, 0.3) is 0 Å². The second-order valence-electron chi connectivity index (χ2n) is 7.03. The Morgan fingerprint density at radius 2 is 2.00 bits per heavy atom. The van der Waals surface area contributed by atoms with Crippen molar-refractivity contribution in [2.24, 2.45) is 5.92 Å². The first kappa shape index (κ1) is 15.6. The highest BCUT2D eigenvalue weighted by molar-refractivity contribution is 5.68. The van der Waals surface area contributed by atoms with Gasteiger partial charge in [0.15, 0.2) is 0 Å². The normalized spacial score (nSPS) is 32.0. The van der Waals surface area contributed by atoms with E-state index in [1.807, 2.05) is 20.8 Å². The Kier molecular flexibility index (Phi) is 4.91. The number of nitrogens with zero attached hydrogens (tertiary/aromatic N) is 1. The van der Waals surface area contributed by atoms with Gasteiger partial charge in [-0.15, -0.1) is 0 Å². The minimum atomic E-state index is -0.485. The lowest BCUT2D eigenvalue weighted by Gasteiger charge is -2.26. The lowest BCUT2D eigenvalue weighted by atomic mass is 9.93. The zero-order chi connectivity index (χ0) is 14.8. The third-order valence-corrected chi connectivity index (χ3v) is 4.10. The van der Waals surface area contributed by atoms with Gasteiger partial charge in [-0.1, -0.05) is 12.8 Å². The number of nitrogens with one attached hydrogen (secondary N) is 1. The average molecular weight is 284 g/mol. The number of ether oxygens (including phenoxy) is 1. The Bertz CT molecular complexity index is 333. The highest BCUT2D eigenvalue weighted by atomic mass is 16.6. The smallest absolute Gasteiger partial charge is 0.410 e. The van der Waals surface area contributed by atoms with E-state index in [-0.39, 0.29) is 12.0 Å². The molecule has 0 spiro atoms. The Labute approximate surface area is 121 Å². The van der Waals surface area contributed by atoms with E-state index < -0.39 is 11.7 Å². The Balaban J connectivity index is 1.92. The summed E-state index contributed by atoms with van der Waals surface area (Å²) >= 11 is 0. The lowest BCUT2D eigenvalue weighted by Crippen LogP contribution is -2.41. The molecule has 0 aromatic carbocycles. The molecule has 5 heteroatoms. The van der Waals surface area contributed by atoms with Crippen LogP contribution >= 0.6 is 0 Å². The summed E-state index contributed by atoms with van der Waals surface area (Å²) in [7, 11) is 0. The fourth-order valence-corrected chi connectivity index (χ4v) is 3.10. The molecule has 3 atom stereocenters. The van der Waals surface area contributed by atoms with Crippen molar-refractivity contribution in [1.82, 2.24) is 10.2 Å². The number of aliphatic hydroxyl groups is 1. The van der Waals surface area contributed by atoms with Gasteiger partial charge in [-0.3, -0.25) is 0 Å². The number of rotatable bonds is 1. The number of carbonyl (C=O) groups excluding carboxylic acids is 1. The zero-order valence-electron chi connectivity index (χ0n) is 12.9. The zero-order valence-corrected chi connectivity index (χ0v) is 12.9. The molecular weight excluding hydrogens is 256 g/mol. The van der Waals surface area contributed by atoms with Crippen molar-refractivity contribution in [3.63, 3.8) is 0 Å². The van der Waals surface area contributed by atoms with Crippen molar-refractivity contribution in [1.29, 1.82) is 0 Å². The van der Waals surface area contributed by atoms with E-state index in [1.165, 1.54) is 19.3 Å². The number of amides is 1. The van der Waals surface area contributed by atoms with Gasteiger partial charge in [-0.05, 0) is 40.2 Å². The fourth-order valence-electron chi connectivity index (χ4n) is 3.10. The third-order valence-electron chi connectivity index (χ3n) is 4.10. The fraction of sp³-hybridized carbons (Fsp3) is 0.933. The summed E-state index contributed by atoms with van der Waals surface area (Å²) in [6, 6.07) is 0.319. The minimum Gasteiger partial charge on any atom is -0.444 e. The molecule has 2 saturated heterocycles. The van der Waals surface area contributed by atoms with Crippen LogP contribution in [0, 0.1) is 5.92 Å². The van der Waals surface area contributed by atoms with Crippen LogP contribution in [0.2, 0.25) is 0 Å². The van der Waals surface area contributed by atoms with Crippen molar-refractivity contribution >= 4 is 6.09 Å². The topological polar surface area (TPSA) is 61.8 Å². The molecule has 0 aliphatic carbocycles. The van der Waals surface area contributed by atoms with Crippen LogP contribution in [-0.4, -0.2) is 53.5 Å². The molecule has 5 nitrogen and oxygen atoms in total. The van der Waals surface area contributed by atoms with Gasteiger partial charge in [0.1, 0.15) is 5.60 Å². The summed E-state index contributed by atoms with van der Waals surface area (Å²) in [4.78, 5) is 13.7. The number of likely N-dealkylation sites (tertiary alicyclic amines) is 1. The van der Waals surface area contributed by atoms with E-state index in [2.05, 4.69) is 5.32 Å². The molecule has 2 rings (SSSR count). The number of hydrogen-bond donors (Lipinski definition) is 2. The molecule has 0 saturated carbocycles. The van der Waals surface area contributed by atoms with E-state index in [0.717, 1.165) is 13.0 Å². The van der Waals surface area contributed by atoms with Gasteiger partial charge in [-0.25, -0.2) is 4.79 Å². The van der Waals surface area contributed by atoms with Crippen molar-refractivity contribution in [2.45, 2.75) is 64.2 Å². The van der Waals surface area contributed by atoms with Gasteiger partial charge >= 0.3 is 6.09 Å². The van der Waals surface area contributed by atoms with Crippen molar-refractivity contribution < 1.29 is 14.6 Å². The van der Waals surface area contributed by atoms with Crippen molar-refractivity contribution in [3.8, 4) is 0 Å². The summed E-state index contributed by atoms with van der Waals surface area (Å²) < 4.78 is 5.39. The number of hydrogen-bond acceptors (Lipinski definition) is 4. The highest BCUT2D eigenvalue weighted by Gasteiger charge is 2.40. The van der Waals surface area contributed by atoms with Crippen LogP contribution in [0.5, 0.6) is 0 Å². The van der Waals surface area contributed by atoms with Crippen LogP contribution in [0.15, 0.2) is 0 Å². The molecule has 3 unspecified atom stereocenters. The minimum absolute atomic E-state index is 0.126. The molecule has 1 amide bonds. The largest absolute Gasteiger partial charge is 0.444 e. The van der Waals surface area contributed by atoms with Gasteiger partial charge < -0.3 is 20.1 Å². The quantitative estimate of drug-likeness (QED) is 0.770. The Hall–Kier alpha value is -0.810. The van der Waals surface area contributed by atoms with Crippen LogP contribution in [-0.2, 0) is 4.74 Å². The first-order chi connectivity index (χ1) is 9.37. The van der Waals surface area contributed by atoms with E-state index in [9.17, 15) is 9.90 Å². The van der Waals surface area contributed by atoms with Gasteiger partial charge in [0.25, 0.3) is 0 Å². The Morgan fingerprint density at radius 3 is 2.70 bits per heavy atom. The molecule has 2 N–H and O–H groups in total. The number of β-amino-alcohol motifs (C(OH)–C–C–N with tert-alkyl or cyclic N) is 1. The lowest BCUT2D eigenvalue weighted by molar-refractivity contribution is 0.0269. The van der Waals surface area contributed by atoms with Gasteiger partial charge in [0.05, 0.1) is 12.6 Å². The van der Waals surface area contributed by atoms with E-state index in [0.29, 0.717) is 19.1 Å².